The molecule has 3 atom stereocenters. The lowest BCUT2D eigenvalue weighted by molar-refractivity contribution is -0.126. The maximum absolute atomic E-state index is 12.9. The molecule has 1 aromatic carbocycles. The van der Waals surface area contributed by atoms with Crippen LogP contribution in [0.5, 0.6) is 0 Å². The van der Waals surface area contributed by atoms with Crippen LogP contribution in [0.4, 0.5) is 0 Å². The number of H-pyrrole nitrogens is 1. The molecule has 0 unspecified atom stereocenters. The third-order valence-electron chi connectivity index (χ3n) is 5.89. The molecule has 0 radical (unpaired) electrons. The highest BCUT2D eigenvalue weighted by Gasteiger charge is 2.39. The second kappa shape index (κ2) is 7.75. The number of carbonyl (C=O) groups is 2. The van der Waals surface area contributed by atoms with Gasteiger partial charge in [0, 0.05) is 23.2 Å². The van der Waals surface area contributed by atoms with Gasteiger partial charge in [0.15, 0.2) is 0 Å². The summed E-state index contributed by atoms with van der Waals surface area (Å²) in [4.78, 5) is 25.3. The third kappa shape index (κ3) is 3.67. The first-order chi connectivity index (χ1) is 13.5. The van der Waals surface area contributed by atoms with E-state index in [0.29, 0.717) is 29.8 Å². The van der Waals surface area contributed by atoms with Gasteiger partial charge >= 0.3 is 0 Å². The molecule has 2 saturated carbocycles. The zero-order valence-corrected chi connectivity index (χ0v) is 15.9. The van der Waals surface area contributed by atoms with E-state index < -0.39 is 12.1 Å². The number of amides is 2. The highest BCUT2D eigenvalue weighted by atomic mass is 16.3. The van der Waals surface area contributed by atoms with Gasteiger partial charge in [0.1, 0.15) is 5.69 Å². The zero-order valence-electron chi connectivity index (χ0n) is 15.9. The molecule has 4 rings (SSSR count). The number of carbonyl (C=O) groups excluding carboxylic acids is 2. The fourth-order valence-electron chi connectivity index (χ4n) is 4.01. The number of nitrogens with zero attached hydrogens (tertiary/aromatic N) is 1. The van der Waals surface area contributed by atoms with Crippen LogP contribution in [-0.4, -0.2) is 45.3 Å². The number of aromatic amines is 1. The molecule has 0 bridgehead atoms. The lowest BCUT2D eigenvalue weighted by atomic mass is 9.92. The van der Waals surface area contributed by atoms with Gasteiger partial charge in [0.2, 0.25) is 5.91 Å². The Hall–Kier alpha value is -2.67. The maximum Gasteiger partial charge on any atom is 0.255 e. The van der Waals surface area contributed by atoms with Crippen LogP contribution in [0, 0.1) is 12.8 Å². The van der Waals surface area contributed by atoms with Crippen molar-refractivity contribution in [3.05, 3.63) is 41.6 Å². The van der Waals surface area contributed by atoms with Crippen molar-refractivity contribution in [1.29, 1.82) is 0 Å². The molecule has 2 aliphatic rings. The molecule has 4 N–H and O–H groups in total. The molecule has 28 heavy (non-hydrogen) atoms. The van der Waals surface area contributed by atoms with Gasteiger partial charge in [-0.2, -0.15) is 5.10 Å². The van der Waals surface area contributed by atoms with Crippen LogP contribution < -0.4 is 10.6 Å². The summed E-state index contributed by atoms with van der Waals surface area (Å²) in [6.07, 6.45) is 3.31. The molecule has 0 spiro atoms. The van der Waals surface area contributed by atoms with E-state index >= 15 is 0 Å². The Morgan fingerprint density at radius 1 is 1.14 bits per heavy atom. The molecule has 0 saturated heterocycles. The quantitative estimate of drug-likeness (QED) is 0.634. The van der Waals surface area contributed by atoms with Crippen molar-refractivity contribution in [2.24, 2.45) is 5.92 Å². The summed E-state index contributed by atoms with van der Waals surface area (Å²) in [5.41, 5.74) is 2.58. The van der Waals surface area contributed by atoms with Crippen molar-refractivity contribution < 1.29 is 14.7 Å². The lowest BCUT2D eigenvalue weighted by Crippen LogP contribution is -2.42. The van der Waals surface area contributed by atoms with Crippen molar-refractivity contribution in [2.75, 3.05) is 0 Å². The van der Waals surface area contributed by atoms with E-state index in [2.05, 4.69) is 20.8 Å². The largest absolute Gasteiger partial charge is 0.391 e. The van der Waals surface area contributed by atoms with E-state index in [-0.39, 0.29) is 23.8 Å². The van der Waals surface area contributed by atoms with Crippen LogP contribution in [0.1, 0.15) is 48.2 Å². The van der Waals surface area contributed by atoms with E-state index in [1.807, 2.05) is 30.3 Å². The van der Waals surface area contributed by atoms with E-state index in [1.54, 1.807) is 6.92 Å². The van der Waals surface area contributed by atoms with Gasteiger partial charge in [0.05, 0.1) is 17.7 Å². The molecular weight excluding hydrogens is 356 g/mol. The van der Waals surface area contributed by atoms with E-state index in [0.717, 1.165) is 24.8 Å². The maximum atomic E-state index is 12.9. The fraction of sp³-hybridized carbons (Fsp3) is 0.476. The first-order valence-electron chi connectivity index (χ1n) is 9.92. The standard InChI is InChI=1S/C21H26N4O3/c1-12-18(19(25-24-12)13-6-3-2-4-7-13)21(28)23-16-10-14(11-17(16)26)20(27)22-15-8-5-9-15/h2-4,6-7,14-17,26H,5,8-11H2,1H3,(H,22,27)(H,23,28)(H,24,25)/t14-,16+,17+/m0/s1. The van der Waals surface area contributed by atoms with Gasteiger partial charge in [-0.15, -0.1) is 0 Å². The highest BCUT2D eigenvalue weighted by molar-refractivity contribution is 6.01. The van der Waals surface area contributed by atoms with Gasteiger partial charge in [0.25, 0.3) is 5.91 Å². The highest BCUT2D eigenvalue weighted by Crippen LogP contribution is 2.29. The van der Waals surface area contributed by atoms with Crippen LogP contribution >= 0.6 is 0 Å². The second-order valence-electron chi connectivity index (χ2n) is 7.89. The Morgan fingerprint density at radius 3 is 2.57 bits per heavy atom. The Kier molecular flexibility index (Phi) is 5.17. The number of benzene rings is 1. The lowest BCUT2D eigenvalue weighted by Gasteiger charge is -2.27. The van der Waals surface area contributed by atoms with E-state index in [4.69, 9.17) is 0 Å². The van der Waals surface area contributed by atoms with Crippen LogP contribution in [0.3, 0.4) is 0 Å². The summed E-state index contributed by atoms with van der Waals surface area (Å²) < 4.78 is 0. The van der Waals surface area contributed by atoms with Gasteiger partial charge in [-0.1, -0.05) is 30.3 Å². The summed E-state index contributed by atoms with van der Waals surface area (Å²) in [5, 5.41) is 23.5. The van der Waals surface area contributed by atoms with Gasteiger partial charge in [-0.05, 0) is 39.0 Å². The molecule has 2 aliphatic carbocycles. The Bertz CT molecular complexity index is 860. The normalized spacial score (nSPS) is 24.6. The molecule has 2 amide bonds. The number of nitrogens with one attached hydrogen (secondary N) is 3. The molecule has 7 nitrogen and oxygen atoms in total. The van der Waals surface area contributed by atoms with Crippen molar-refractivity contribution >= 4 is 11.8 Å². The number of hydrogen-bond donors (Lipinski definition) is 4. The number of rotatable bonds is 5. The molecule has 148 valence electrons. The van der Waals surface area contributed by atoms with E-state index in [9.17, 15) is 14.7 Å². The van der Waals surface area contributed by atoms with Crippen LogP contribution in [0.25, 0.3) is 11.3 Å². The number of aromatic nitrogens is 2. The topological polar surface area (TPSA) is 107 Å². The number of aliphatic hydroxyl groups excluding tert-OH is 1. The minimum absolute atomic E-state index is 0.00929. The predicted molar refractivity (Wildman–Crippen MR) is 105 cm³/mol. The third-order valence-corrected chi connectivity index (χ3v) is 5.89. The second-order valence-corrected chi connectivity index (χ2v) is 7.89. The Balaban J connectivity index is 1.44. The average molecular weight is 382 g/mol. The summed E-state index contributed by atoms with van der Waals surface area (Å²) in [7, 11) is 0. The predicted octanol–water partition coefficient (Wildman–Crippen LogP) is 1.92. The van der Waals surface area contributed by atoms with Crippen molar-refractivity contribution in [1.82, 2.24) is 20.8 Å². The molecule has 1 aromatic heterocycles. The molecule has 2 fully saturated rings. The smallest absolute Gasteiger partial charge is 0.255 e. The number of aryl methyl sites for hydroxylation is 1. The summed E-state index contributed by atoms with van der Waals surface area (Å²) >= 11 is 0. The monoisotopic (exact) mass is 382 g/mol. The average Bonchev–Trinajstić information content (AvgIpc) is 3.22. The Labute approximate surface area is 163 Å². The van der Waals surface area contributed by atoms with Crippen LogP contribution in [0.2, 0.25) is 0 Å². The fourth-order valence-corrected chi connectivity index (χ4v) is 4.01. The SMILES string of the molecule is Cc1[nH]nc(-c2ccccc2)c1C(=O)N[C@@H]1C[C@H](C(=O)NC2CCC2)C[C@H]1O. The van der Waals surface area contributed by atoms with Crippen molar-refractivity contribution in [3.63, 3.8) is 0 Å². The number of hydrogen-bond acceptors (Lipinski definition) is 4. The van der Waals surface area contributed by atoms with Crippen molar-refractivity contribution in [3.8, 4) is 11.3 Å². The minimum atomic E-state index is -0.728. The van der Waals surface area contributed by atoms with Crippen LogP contribution in [-0.2, 0) is 4.79 Å². The molecular formula is C21H26N4O3. The molecule has 0 aliphatic heterocycles. The van der Waals surface area contributed by atoms with Crippen molar-refractivity contribution in [2.45, 2.75) is 57.2 Å². The van der Waals surface area contributed by atoms with Gasteiger partial charge < -0.3 is 15.7 Å². The summed E-state index contributed by atoms with van der Waals surface area (Å²) in [6.45, 7) is 1.80. The Morgan fingerprint density at radius 2 is 1.89 bits per heavy atom. The molecule has 2 aromatic rings. The first-order valence-corrected chi connectivity index (χ1v) is 9.92. The van der Waals surface area contributed by atoms with Gasteiger partial charge in [-0.3, -0.25) is 14.7 Å². The summed E-state index contributed by atoms with van der Waals surface area (Å²) in [6, 6.07) is 9.34. The van der Waals surface area contributed by atoms with Gasteiger partial charge in [-0.25, -0.2) is 0 Å². The van der Waals surface area contributed by atoms with E-state index in [1.165, 1.54) is 0 Å². The first kappa shape index (κ1) is 18.7. The minimum Gasteiger partial charge on any atom is -0.391 e. The molecule has 7 heteroatoms. The molecule has 1 heterocycles. The summed E-state index contributed by atoms with van der Waals surface area (Å²) in [5.74, 6) is -0.556. The zero-order chi connectivity index (χ0) is 19.7. The van der Waals surface area contributed by atoms with Crippen LogP contribution in [0.15, 0.2) is 30.3 Å². The number of aliphatic hydroxyl groups is 1.